The molecule has 10 heteroatoms. The molecule has 0 saturated heterocycles. The Morgan fingerprint density at radius 3 is 2.03 bits per heavy atom. The van der Waals surface area contributed by atoms with Crippen LogP contribution in [0.3, 0.4) is 0 Å². The normalized spacial score (nSPS) is 11.9. The summed E-state index contributed by atoms with van der Waals surface area (Å²) in [4.78, 5) is 12.2. The quantitative estimate of drug-likeness (QED) is 0.290. The smallest absolute Gasteiger partial charge is 0.294 e. The zero-order chi connectivity index (χ0) is 23.8. The molecule has 0 aliphatic heterocycles. The maximum Gasteiger partial charge on any atom is 0.294 e. The Kier molecular flexibility index (Phi) is 5.66. The van der Waals surface area contributed by atoms with Gasteiger partial charge in [0.15, 0.2) is 0 Å². The van der Waals surface area contributed by atoms with Gasteiger partial charge < -0.3 is 11.1 Å². The Morgan fingerprint density at radius 1 is 0.758 bits per heavy atom. The van der Waals surface area contributed by atoms with Gasteiger partial charge in [-0.2, -0.15) is 8.42 Å². The number of carbonyl (C=O) groups is 1. The second-order valence-electron chi connectivity index (χ2n) is 7.22. The van der Waals surface area contributed by atoms with Crippen LogP contribution in [0.5, 0.6) is 0 Å². The summed E-state index contributed by atoms with van der Waals surface area (Å²) in [6, 6.07) is 20.9. The molecule has 0 aromatic heterocycles. The van der Waals surface area contributed by atoms with Crippen LogP contribution in [0.2, 0.25) is 0 Å². The average molecular weight is 483 g/mol. The molecule has 4 aromatic carbocycles. The van der Waals surface area contributed by atoms with E-state index in [0.717, 1.165) is 22.9 Å². The van der Waals surface area contributed by atoms with E-state index in [1.165, 1.54) is 36.4 Å². The molecule has 0 fully saturated rings. The third-order valence-electron chi connectivity index (χ3n) is 5.00. The first-order valence-corrected chi connectivity index (χ1v) is 12.5. The Morgan fingerprint density at radius 2 is 1.39 bits per heavy atom. The lowest BCUT2D eigenvalue weighted by molar-refractivity contribution is 0.102. The van der Waals surface area contributed by atoms with Crippen molar-refractivity contribution in [3.8, 4) is 0 Å². The van der Waals surface area contributed by atoms with Crippen LogP contribution in [-0.2, 0) is 20.0 Å². The minimum absolute atomic E-state index is 0.0856. The number of nitrogens with one attached hydrogen (secondary N) is 1. The summed E-state index contributed by atoms with van der Waals surface area (Å²) < 4.78 is 57.5. The standard InChI is InChI=1S/C23H18N2O6S2/c24-21-14-17(23(26)25-18-7-10-19(11-8-18)33(29,30)31)6-12-22(21)32(27,28)20-9-5-15-3-1-2-4-16(15)13-20/h1-14H,24H2,(H,25,26)(H,29,30,31). The minimum atomic E-state index is -4.35. The Bertz CT molecular complexity index is 1600. The number of benzene rings is 4. The molecule has 1 amide bonds. The topological polar surface area (TPSA) is 144 Å². The third-order valence-corrected chi connectivity index (χ3v) is 7.70. The van der Waals surface area contributed by atoms with Crippen molar-refractivity contribution in [1.82, 2.24) is 0 Å². The molecule has 0 radical (unpaired) electrons. The van der Waals surface area contributed by atoms with Gasteiger partial charge in [-0.25, -0.2) is 8.42 Å². The molecule has 0 atom stereocenters. The van der Waals surface area contributed by atoms with Crippen molar-refractivity contribution in [2.24, 2.45) is 0 Å². The first-order valence-electron chi connectivity index (χ1n) is 9.58. The number of hydrogen-bond acceptors (Lipinski definition) is 6. The molecule has 4 rings (SSSR count). The van der Waals surface area contributed by atoms with E-state index in [9.17, 15) is 21.6 Å². The second kappa shape index (κ2) is 8.32. The average Bonchev–Trinajstić information content (AvgIpc) is 2.78. The summed E-state index contributed by atoms with van der Waals surface area (Å²) in [5.41, 5.74) is 6.31. The van der Waals surface area contributed by atoms with Crippen LogP contribution in [0.4, 0.5) is 11.4 Å². The van der Waals surface area contributed by atoms with Gasteiger partial charge in [-0.3, -0.25) is 9.35 Å². The SMILES string of the molecule is Nc1cc(C(=O)Nc2ccc(S(=O)(=O)O)cc2)ccc1S(=O)(=O)c1ccc2ccccc2c1. The molecule has 0 saturated carbocycles. The number of hydrogen-bond donors (Lipinski definition) is 3. The van der Waals surface area contributed by atoms with E-state index < -0.39 is 25.9 Å². The van der Waals surface area contributed by atoms with Crippen LogP contribution in [0.1, 0.15) is 10.4 Å². The number of anilines is 2. The predicted molar refractivity (Wildman–Crippen MR) is 124 cm³/mol. The van der Waals surface area contributed by atoms with Gasteiger partial charge in [0, 0.05) is 11.3 Å². The molecular weight excluding hydrogens is 464 g/mol. The zero-order valence-corrected chi connectivity index (χ0v) is 18.6. The fraction of sp³-hybridized carbons (Fsp3) is 0. The number of sulfone groups is 1. The summed E-state index contributed by atoms with van der Waals surface area (Å²) in [5, 5.41) is 4.23. The summed E-state index contributed by atoms with van der Waals surface area (Å²) in [7, 11) is -8.26. The van der Waals surface area contributed by atoms with Crippen LogP contribution in [-0.4, -0.2) is 27.3 Å². The Labute approximate surface area is 190 Å². The van der Waals surface area contributed by atoms with Crippen molar-refractivity contribution >= 4 is 48.0 Å². The van der Waals surface area contributed by atoms with E-state index in [-0.39, 0.29) is 31.6 Å². The van der Waals surface area contributed by atoms with Crippen molar-refractivity contribution in [3.63, 3.8) is 0 Å². The summed E-state index contributed by atoms with van der Waals surface area (Å²) >= 11 is 0. The fourth-order valence-electron chi connectivity index (χ4n) is 3.31. The lowest BCUT2D eigenvalue weighted by Gasteiger charge is -2.11. The highest BCUT2D eigenvalue weighted by Crippen LogP contribution is 2.29. The highest BCUT2D eigenvalue weighted by molar-refractivity contribution is 7.91. The summed E-state index contributed by atoms with van der Waals surface area (Å²) in [6.45, 7) is 0. The molecule has 0 spiro atoms. The number of nitrogen functional groups attached to an aromatic ring is 1. The molecule has 8 nitrogen and oxygen atoms in total. The number of rotatable bonds is 5. The van der Waals surface area contributed by atoms with Crippen molar-refractivity contribution in [2.45, 2.75) is 14.7 Å². The molecule has 4 N–H and O–H groups in total. The van der Waals surface area contributed by atoms with Gasteiger partial charge in [-0.05, 0) is 65.4 Å². The van der Waals surface area contributed by atoms with E-state index in [2.05, 4.69) is 5.32 Å². The summed E-state index contributed by atoms with van der Waals surface area (Å²) in [6.07, 6.45) is 0. The van der Waals surface area contributed by atoms with E-state index in [0.29, 0.717) is 0 Å². The molecule has 33 heavy (non-hydrogen) atoms. The van der Waals surface area contributed by atoms with Crippen molar-refractivity contribution in [1.29, 1.82) is 0 Å². The molecule has 0 unspecified atom stereocenters. The summed E-state index contributed by atoms with van der Waals surface area (Å²) in [5.74, 6) is -0.573. The number of carbonyl (C=O) groups excluding carboxylic acids is 1. The van der Waals surface area contributed by atoms with Crippen LogP contribution in [0.15, 0.2) is 99.6 Å². The highest BCUT2D eigenvalue weighted by Gasteiger charge is 2.22. The van der Waals surface area contributed by atoms with Crippen molar-refractivity contribution < 1.29 is 26.2 Å². The highest BCUT2D eigenvalue weighted by atomic mass is 32.2. The fourth-order valence-corrected chi connectivity index (χ4v) is 5.19. The first-order chi connectivity index (χ1) is 15.6. The number of nitrogens with two attached hydrogens (primary N) is 1. The van der Waals surface area contributed by atoms with E-state index in [1.54, 1.807) is 12.1 Å². The zero-order valence-electron chi connectivity index (χ0n) is 17.0. The molecule has 168 valence electrons. The van der Waals surface area contributed by atoms with Gasteiger partial charge in [0.2, 0.25) is 9.84 Å². The van der Waals surface area contributed by atoms with Gasteiger partial charge in [-0.15, -0.1) is 0 Å². The van der Waals surface area contributed by atoms with Crippen LogP contribution in [0, 0.1) is 0 Å². The van der Waals surface area contributed by atoms with Crippen molar-refractivity contribution in [3.05, 3.63) is 90.5 Å². The maximum atomic E-state index is 13.1. The largest absolute Gasteiger partial charge is 0.398 e. The third kappa shape index (κ3) is 4.58. The number of amides is 1. The van der Waals surface area contributed by atoms with Gasteiger partial charge >= 0.3 is 0 Å². The molecule has 0 heterocycles. The monoisotopic (exact) mass is 482 g/mol. The van der Waals surface area contributed by atoms with E-state index in [1.807, 2.05) is 24.3 Å². The maximum absolute atomic E-state index is 13.1. The second-order valence-corrected chi connectivity index (χ2v) is 10.6. The van der Waals surface area contributed by atoms with Gasteiger partial charge in [0.05, 0.1) is 20.4 Å². The van der Waals surface area contributed by atoms with Gasteiger partial charge in [-0.1, -0.05) is 30.3 Å². The Balaban J connectivity index is 1.59. The van der Waals surface area contributed by atoms with Gasteiger partial charge in [0.1, 0.15) is 0 Å². The lowest BCUT2D eigenvalue weighted by Crippen LogP contribution is -2.13. The number of fused-ring (bicyclic) bond motifs is 1. The molecule has 0 aliphatic rings. The molecule has 4 aromatic rings. The van der Waals surface area contributed by atoms with Crippen LogP contribution < -0.4 is 11.1 Å². The first kappa shape index (κ1) is 22.5. The van der Waals surface area contributed by atoms with Gasteiger partial charge in [0.25, 0.3) is 16.0 Å². The predicted octanol–water partition coefficient (Wildman–Crippen LogP) is 3.75. The van der Waals surface area contributed by atoms with Crippen LogP contribution >= 0.6 is 0 Å². The van der Waals surface area contributed by atoms with E-state index in [4.69, 9.17) is 10.3 Å². The molecule has 0 aliphatic carbocycles. The van der Waals surface area contributed by atoms with Crippen LogP contribution in [0.25, 0.3) is 10.8 Å². The molecule has 0 bridgehead atoms. The van der Waals surface area contributed by atoms with E-state index >= 15 is 0 Å². The molecular formula is C23H18N2O6S2. The minimum Gasteiger partial charge on any atom is -0.398 e. The Hall–Kier alpha value is -3.73. The van der Waals surface area contributed by atoms with Crippen molar-refractivity contribution in [2.75, 3.05) is 11.1 Å². The lowest BCUT2D eigenvalue weighted by atomic mass is 10.1.